The fourth-order valence-corrected chi connectivity index (χ4v) is 1.31. The van der Waals surface area contributed by atoms with E-state index in [0.717, 1.165) is 5.69 Å². The molecular formula is C11H13NO2S. The predicted octanol–water partition coefficient (Wildman–Crippen LogP) is 2.38. The van der Waals surface area contributed by atoms with Crippen LogP contribution in [0.5, 0.6) is 0 Å². The molecule has 0 saturated carbocycles. The normalized spacial score (nSPS) is 9.40. The smallest absolute Gasteiger partial charge is 0.312 e. The number of esters is 1. The third-order valence-electron chi connectivity index (χ3n) is 1.67. The van der Waals surface area contributed by atoms with Gasteiger partial charge < -0.3 is 10.1 Å². The first-order valence-electron chi connectivity index (χ1n) is 4.73. The van der Waals surface area contributed by atoms with Crippen LogP contribution < -0.4 is 5.32 Å². The number of hydrogen-bond donors (Lipinski definition) is 1. The molecule has 0 aromatic heterocycles. The fourth-order valence-electron chi connectivity index (χ4n) is 1.07. The van der Waals surface area contributed by atoms with Gasteiger partial charge in [0.2, 0.25) is 0 Å². The SMILES string of the molecule is CCOC(=O)CC(=S)Nc1ccccc1. The fraction of sp³-hybridized carbons (Fsp3) is 0.273. The van der Waals surface area contributed by atoms with Crippen molar-refractivity contribution in [3.63, 3.8) is 0 Å². The van der Waals surface area contributed by atoms with Gasteiger partial charge in [0, 0.05) is 5.69 Å². The molecule has 1 aromatic carbocycles. The van der Waals surface area contributed by atoms with E-state index in [2.05, 4.69) is 5.32 Å². The molecule has 15 heavy (non-hydrogen) atoms. The molecule has 0 aliphatic heterocycles. The van der Waals surface area contributed by atoms with Crippen molar-refractivity contribution in [2.24, 2.45) is 0 Å². The van der Waals surface area contributed by atoms with Gasteiger partial charge in [-0.15, -0.1) is 0 Å². The minimum absolute atomic E-state index is 0.123. The van der Waals surface area contributed by atoms with Crippen molar-refractivity contribution in [3.05, 3.63) is 30.3 Å². The zero-order chi connectivity index (χ0) is 11.1. The first-order valence-corrected chi connectivity index (χ1v) is 5.13. The molecule has 0 fully saturated rings. The second-order valence-corrected chi connectivity index (χ2v) is 3.39. The second kappa shape index (κ2) is 6.14. The molecule has 1 rings (SSSR count). The zero-order valence-corrected chi connectivity index (χ0v) is 9.34. The standard InChI is InChI=1S/C11H13NO2S/c1-2-14-11(13)8-10(15)12-9-6-4-3-5-7-9/h3-7H,2,8H2,1H3,(H,12,15). The molecule has 1 aromatic rings. The summed E-state index contributed by atoms with van der Waals surface area (Å²) in [6.07, 6.45) is 0.123. The van der Waals surface area contributed by atoms with E-state index < -0.39 is 0 Å². The summed E-state index contributed by atoms with van der Waals surface area (Å²) in [4.78, 5) is 11.6. The Labute approximate surface area is 94.4 Å². The zero-order valence-electron chi connectivity index (χ0n) is 8.53. The summed E-state index contributed by atoms with van der Waals surface area (Å²) in [6.45, 7) is 2.15. The van der Waals surface area contributed by atoms with Gasteiger partial charge in [-0.3, -0.25) is 4.79 Å². The van der Waals surface area contributed by atoms with Gasteiger partial charge in [0.25, 0.3) is 0 Å². The molecule has 3 nitrogen and oxygen atoms in total. The lowest BCUT2D eigenvalue weighted by Crippen LogP contribution is -2.16. The summed E-state index contributed by atoms with van der Waals surface area (Å²) in [5, 5.41) is 2.96. The lowest BCUT2D eigenvalue weighted by atomic mass is 10.3. The molecule has 0 atom stereocenters. The van der Waals surface area contributed by atoms with Crippen LogP contribution in [0.4, 0.5) is 5.69 Å². The highest BCUT2D eigenvalue weighted by Gasteiger charge is 2.06. The van der Waals surface area contributed by atoms with E-state index in [0.29, 0.717) is 11.6 Å². The summed E-state index contributed by atoms with van der Waals surface area (Å²) in [5.41, 5.74) is 0.881. The molecule has 0 bridgehead atoms. The van der Waals surface area contributed by atoms with E-state index in [1.807, 2.05) is 30.3 Å². The van der Waals surface area contributed by atoms with Crippen molar-refractivity contribution in [2.45, 2.75) is 13.3 Å². The highest BCUT2D eigenvalue weighted by atomic mass is 32.1. The summed E-state index contributed by atoms with van der Waals surface area (Å²) < 4.78 is 4.78. The Hall–Kier alpha value is -1.42. The van der Waals surface area contributed by atoms with Gasteiger partial charge in [0.1, 0.15) is 0 Å². The number of carbonyl (C=O) groups is 1. The molecular weight excluding hydrogens is 210 g/mol. The van der Waals surface area contributed by atoms with E-state index in [1.54, 1.807) is 6.92 Å². The molecule has 0 amide bonds. The minimum Gasteiger partial charge on any atom is -0.466 e. The highest BCUT2D eigenvalue weighted by molar-refractivity contribution is 7.80. The summed E-state index contributed by atoms with van der Waals surface area (Å²) >= 11 is 5.01. The third-order valence-corrected chi connectivity index (χ3v) is 1.91. The molecule has 0 spiro atoms. The topological polar surface area (TPSA) is 38.3 Å². The van der Waals surface area contributed by atoms with Gasteiger partial charge >= 0.3 is 5.97 Å². The maximum Gasteiger partial charge on any atom is 0.312 e. The Morgan fingerprint density at radius 1 is 1.40 bits per heavy atom. The maximum absolute atomic E-state index is 11.1. The molecule has 1 N–H and O–H groups in total. The second-order valence-electron chi connectivity index (χ2n) is 2.90. The number of para-hydroxylation sites is 1. The van der Waals surface area contributed by atoms with E-state index in [9.17, 15) is 4.79 Å². The van der Waals surface area contributed by atoms with Crippen LogP contribution in [-0.2, 0) is 9.53 Å². The van der Waals surface area contributed by atoms with Gasteiger partial charge in [0.05, 0.1) is 18.0 Å². The van der Waals surface area contributed by atoms with Crippen LogP contribution in [0.3, 0.4) is 0 Å². The van der Waals surface area contributed by atoms with Gasteiger partial charge in [-0.25, -0.2) is 0 Å². The first kappa shape index (κ1) is 11.7. The van der Waals surface area contributed by atoms with Crippen LogP contribution in [0.2, 0.25) is 0 Å². The van der Waals surface area contributed by atoms with Gasteiger partial charge in [0.15, 0.2) is 0 Å². The average Bonchev–Trinajstić information content (AvgIpc) is 2.19. The molecule has 80 valence electrons. The molecule has 0 heterocycles. The first-order chi connectivity index (χ1) is 7.22. The highest BCUT2D eigenvalue weighted by Crippen LogP contribution is 2.06. The van der Waals surface area contributed by atoms with Crippen molar-refractivity contribution >= 4 is 28.9 Å². The number of ether oxygens (including phenoxy) is 1. The summed E-state index contributed by atoms with van der Waals surface area (Å²) in [5.74, 6) is -0.300. The van der Waals surface area contributed by atoms with E-state index in [1.165, 1.54) is 0 Å². The Morgan fingerprint density at radius 2 is 2.07 bits per heavy atom. The van der Waals surface area contributed by atoms with Crippen molar-refractivity contribution in [3.8, 4) is 0 Å². The number of hydrogen-bond acceptors (Lipinski definition) is 3. The number of rotatable bonds is 4. The molecule has 0 aliphatic rings. The van der Waals surface area contributed by atoms with E-state index >= 15 is 0 Å². The monoisotopic (exact) mass is 223 g/mol. The van der Waals surface area contributed by atoms with Gasteiger partial charge in [-0.2, -0.15) is 0 Å². The maximum atomic E-state index is 11.1. The lowest BCUT2D eigenvalue weighted by Gasteiger charge is -2.06. The van der Waals surface area contributed by atoms with Crippen LogP contribution in [0, 0.1) is 0 Å². The molecule has 4 heteroatoms. The molecule has 0 unspecified atom stereocenters. The Kier molecular flexibility index (Phi) is 4.77. The quantitative estimate of drug-likeness (QED) is 0.628. The van der Waals surface area contributed by atoms with Crippen LogP contribution in [0.25, 0.3) is 0 Å². The number of anilines is 1. The summed E-state index contributed by atoms with van der Waals surface area (Å²) in [6, 6.07) is 9.49. The number of nitrogens with one attached hydrogen (secondary N) is 1. The number of thiocarbonyl (C=S) groups is 1. The van der Waals surface area contributed by atoms with E-state index in [4.69, 9.17) is 17.0 Å². The third kappa shape index (κ3) is 4.56. The van der Waals surface area contributed by atoms with Gasteiger partial charge in [-0.1, -0.05) is 30.4 Å². The van der Waals surface area contributed by atoms with Crippen LogP contribution in [-0.4, -0.2) is 17.6 Å². The molecule has 0 radical (unpaired) electrons. The number of benzene rings is 1. The van der Waals surface area contributed by atoms with Crippen LogP contribution >= 0.6 is 12.2 Å². The Balaban J connectivity index is 2.40. The van der Waals surface area contributed by atoms with Crippen LogP contribution in [0.1, 0.15) is 13.3 Å². The van der Waals surface area contributed by atoms with Crippen molar-refractivity contribution in [2.75, 3.05) is 11.9 Å². The molecule has 0 saturated heterocycles. The van der Waals surface area contributed by atoms with Gasteiger partial charge in [-0.05, 0) is 19.1 Å². The average molecular weight is 223 g/mol. The van der Waals surface area contributed by atoms with Crippen molar-refractivity contribution in [1.82, 2.24) is 0 Å². The lowest BCUT2D eigenvalue weighted by molar-refractivity contribution is -0.141. The van der Waals surface area contributed by atoms with E-state index in [-0.39, 0.29) is 12.4 Å². The Morgan fingerprint density at radius 3 is 2.67 bits per heavy atom. The van der Waals surface area contributed by atoms with Crippen molar-refractivity contribution < 1.29 is 9.53 Å². The predicted molar refractivity (Wildman–Crippen MR) is 63.9 cm³/mol. The largest absolute Gasteiger partial charge is 0.466 e. The number of carbonyl (C=O) groups excluding carboxylic acids is 1. The molecule has 0 aliphatic carbocycles. The van der Waals surface area contributed by atoms with Crippen LogP contribution in [0.15, 0.2) is 30.3 Å². The van der Waals surface area contributed by atoms with Crippen molar-refractivity contribution in [1.29, 1.82) is 0 Å². The Bertz CT molecular complexity index is 338. The summed E-state index contributed by atoms with van der Waals surface area (Å²) in [7, 11) is 0. The minimum atomic E-state index is -0.300.